The van der Waals surface area contributed by atoms with Gasteiger partial charge in [0, 0.05) is 13.0 Å². The number of hydrogen-bond donors (Lipinski definition) is 3. The summed E-state index contributed by atoms with van der Waals surface area (Å²) < 4.78 is 4.41. The van der Waals surface area contributed by atoms with Crippen LogP contribution in [0.4, 0.5) is 0 Å². The number of amides is 1. The van der Waals surface area contributed by atoms with E-state index < -0.39 is 29.3 Å². The summed E-state index contributed by atoms with van der Waals surface area (Å²) in [5.41, 5.74) is 4.57. The molecule has 0 spiro atoms. The number of carbonyl (C=O) groups excluding carboxylic acids is 2. The number of ether oxygens (including phenoxy) is 1. The number of nitrogens with one attached hydrogen (secondary N) is 1. The molecule has 104 valence electrons. The number of carboxylic acids is 1. The highest BCUT2D eigenvalue weighted by molar-refractivity contribution is 5.87. The van der Waals surface area contributed by atoms with E-state index in [0.29, 0.717) is 0 Å². The number of methoxy groups -OCH3 is 1. The van der Waals surface area contributed by atoms with Crippen LogP contribution in [0.3, 0.4) is 0 Å². The van der Waals surface area contributed by atoms with Gasteiger partial charge in [0.15, 0.2) is 0 Å². The molecule has 0 aromatic heterocycles. The second kappa shape index (κ2) is 6.95. The zero-order valence-electron chi connectivity index (χ0n) is 10.9. The third kappa shape index (κ3) is 5.13. The molecule has 0 aliphatic carbocycles. The van der Waals surface area contributed by atoms with E-state index in [0.717, 1.165) is 0 Å². The third-order valence-electron chi connectivity index (χ3n) is 2.59. The molecule has 0 aliphatic rings. The van der Waals surface area contributed by atoms with Crippen molar-refractivity contribution in [1.29, 1.82) is 0 Å². The second-order valence-electron chi connectivity index (χ2n) is 4.57. The van der Waals surface area contributed by atoms with Gasteiger partial charge in [0.1, 0.15) is 6.04 Å². The zero-order chi connectivity index (χ0) is 14.3. The lowest BCUT2D eigenvalue weighted by molar-refractivity contribution is -0.145. The summed E-state index contributed by atoms with van der Waals surface area (Å²) in [6.07, 6.45) is -0.0921. The van der Waals surface area contributed by atoms with E-state index in [2.05, 4.69) is 10.1 Å². The summed E-state index contributed by atoms with van der Waals surface area (Å²) in [6.45, 7) is 3.32. The van der Waals surface area contributed by atoms with Crippen LogP contribution in [0, 0.1) is 5.41 Å². The van der Waals surface area contributed by atoms with Gasteiger partial charge >= 0.3 is 11.9 Å². The van der Waals surface area contributed by atoms with Crippen LogP contribution < -0.4 is 11.1 Å². The van der Waals surface area contributed by atoms with Crippen molar-refractivity contribution in [3.8, 4) is 0 Å². The van der Waals surface area contributed by atoms with E-state index in [4.69, 9.17) is 10.8 Å². The Hall–Kier alpha value is -1.63. The number of nitrogens with two attached hydrogens (primary N) is 1. The molecule has 0 aromatic rings. The molecule has 1 amide bonds. The molecule has 7 heteroatoms. The maximum absolute atomic E-state index is 11.8. The fraction of sp³-hybridized carbons (Fsp3) is 0.727. The molecule has 1 unspecified atom stereocenters. The first-order valence-electron chi connectivity index (χ1n) is 5.55. The lowest BCUT2D eigenvalue weighted by Gasteiger charge is -2.24. The average Bonchev–Trinajstić information content (AvgIpc) is 2.32. The Morgan fingerprint density at radius 2 is 1.94 bits per heavy atom. The molecule has 0 heterocycles. The highest BCUT2D eigenvalue weighted by atomic mass is 16.5. The highest BCUT2D eigenvalue weighted by Crippen LogP contribution is 2.13. The third-order valence-corrected chi connectivity index (χ3v) is 2.59. The van der Waals surface area contributed by atoms with Gasteiger partial charge < -0.3 is 20.9 Å². The molecule has 0 rings (SSSR count). The number of carboxylic acid groups (broad SMARTS) is 1. The van der Waals surface area contributed by atoms with Crippen LogP contribution >= 0.6 is 0 Å². The normalized spacial score (nSPS) is 12.7. The topological polar surface area (TPSA) is 119 Å². The molecule has 0 radical (unpaired) electrons. The van der Waals surface area contributed by atoms with Crippen LogP contribution in [-0.4, -0.2) is 42.6 Å². The fourth-order valence-electron chi connectivity index (χ4n) is 1.07. The zero-order valence-corrected chi connectivity index (χ0v) is 10.9. The molecular weight excluding hydrogens is 240 g/mol. The Morgan fingerprint density at radius 3 is 2.33 bits per heavy atom. The van der Waals surface area contributed by atoms with Crippen molar-refractivity contribution in [2.75, 3.05) is 13.7 Å². The van der Waals surface area contributed by atoms with Crippen molar-refractivity contribution in [2.24, 2.45) is 11.1 Å². The quantitative estimate of drug-likeness (QED) is 0.531. The predicted molar refractivity (Wildman–Crippen MR) is 63.7 cm³/mol. The molecule has 0 aromatic carbocycles. The van der Waals surface area contributed by atoms with Crippen LogP contribution in [-0.2, 0) is 19.1 Å². The Balaban J connectivity index is 4.50. The van der Waals surface area contributed by atoms with Crippen LogP contribution in [0.15, 0.2) is 0 Å². The number of hydrogen-bond acceptors (Lipinski definition) is 5. The van der Waals surface area contributed by atoms with Crippen LogP contribution in [0.1, 0.15) is 26.7 Å². The van der Waals surface area contributed by atoms with Crippen molar-refractivity contribution >= 4 is 17.8 Å². The van der Waals surface area contributed by atoms with Gasteiger partial charge in [-0.05, 0) is 20.3 Å². The number of carbonyl (C=O) groups is 3. The van der Waals surface area contributed by atoms with E-state index >= 15 is 0 Å². The lowest BCUT2D eigenvalue weighted by Crippen LogP contribution is -2.49. The number of esters is 1. The van der Waals surface area contributed by atoms with Gasteiger partial charge in [-0.2, -0.15) is 0 Å². The summed E-state index contributed by atoms with van der Waals surface area (Å²) in [5, 5.41) is 11.3. The summed E-state index contributed by atoms with van der Waals surface area (Å²) in [7, 11) is 1.22. The van der Waals surface area contributed by atoms with Crippen molar-refractivity contribution in [1.82, 2.24) is 5.32 Å². The summed E-state index contributed by atoms with van der Waals surface area (Å²) in [6, 6.07) is -1.12. The monoisotopic (exact) mass is 260 g/mol. The van der Waals surface area contributed by atoms with E-state index in [1.165, 1.54) is 7.11 Å². The van der Waals surface area contributed by atoms with Crippen molar-refractivity contribution in [2.45, 2.75) is 32.7 Å². The maximum atomic E-state index is 11.8. The van der Waals surface area contributed by atoms with Gasteiger partial charge in [-0.3, -0.25) is 9.59 Å². The molecule has 0 aliphatic heterocycles. The minimum Gasteiger partial charge on any atom is -0.480 e. The van der Waals surface area contributed by atoms with Crippen LogP contribution in [0.2, 0.25) is 0 Å². The Labute approximate surface area is 106 Å². The molecule has 1 atom stereocenters. The first-order valence-corrected chi connectivity index (χ1v) is 5.55. The molecule has 0 bridgehead atoms. The summed E-state index contributed by atoms with van der Waals surface area (Å²) >= 11 is 0. The van der Waals surface area contributed by atoms with Crippen LogP contribution in [0.5, 0.6) is 0 Å². The Kier molecular flexibility index (Phi) is 6.32. The minimum atomic E-state index is -1.19. The molecule has 0 fully saturated rings. The molecule has 0 saturated carbocycles. The van der Waals surface area contributed by atoms with E-state index in [1.54, 1.807) is 13.8 Å². The number of aliphatic carboxylic acids is 1. The second-order valence-corrected chi connectivity index (χ2v) is 4.57. The van der Waals surface area contributed by atoms with Crippen LogP contribution in [0.25, 0.3) is 0 Å². The highest BCUT2D eigenvalue weighted by Gasteiger charge is 2.30. The fourth-order valence-corrected chi connectivity index (χ4v) is 1.07. The van der Waals surface area contributed by atoms with Gasteiger partial charge in [0.2, 0.25) is 5.91 Å². The molecule has 4 N–H and O–H groups in total. The molecule has 0 saturated heterocycles. The predicted octanol–water partition coefficient (Wildman–Crippen LogP) is -0.506. The minimum absolute atomic E-state index is 0.0194. The van der Waals surface area contributed by atoms with Gasteiger partial charge in [0.25, 0.3) is 0 Å². The molecule has 18 heavy (non-hydrogen) atoms. The average molecular weight is 260 g/mol. The lowest BCUT2D eigenvalue weighted by atomic mass is 9.92. The molecule has 7 nitrogen and oxygen atoms in total. The van der Waals surface area contributed by atoms with Gasteiger partial charge in [-0.25, -0.2) is 4.79 Å². The first kappa shape index (κ1) is 16.4. The maximum Gasteiger partial charge on any atom is 0.326 e. The Morgan fingerprint density at radius 1 is 1.39 bits per heavy atom. The molecular formula is C11H20N2O5. The van der Waals surface area contributed by atoms with Crippen molar-refractivity contribution in [3.05, 3.63) is 0 Å². The van der Waals surface area contributed by atoms with Crippen molar-refractivity contribution < 1.29 is 24.2 Å². The van der Waals surface area contributed by atoms with Gasteiger partial charge in [-0.1, -0.05) is 0 Å². The number of rotatable bonds is 7. The van der Waals surface area contributed by atoms with Gasteiger partial charge in [0.05, 0.1) is 12.5 Å². The Bertz CT molecular complexity index is 327. The summed E-state index contributed by atoms with van der Waals surface area (Å²) in [4.78, 5) is 33.6. The SMILES string of the molecule is COC(=O)CCC(NC(=O)C(C)(C)CN)C(=O)O. The smallest absolute Gasteiger partial charge is 0.326 e. The standard InChI is InChI=1S/C11H20N2O5/c1-11(2,6-12)10(17)13-7(9(15)16)4-5-8(14)18-3/h7H,4-6,12H2,1-3H3,(H,13,17)(H,15,16). The first-order chi connectivity index (χ1) is 8.24. The van der Waals surface area contributed by atoms with E-state index in [9.17, 15) is 14.4 Å². The van der Waals surface area contributed by atoms with Gasteiger partial charge in [-0.15, -0.1) is 0 Å². The van der Waals surface area contributed by atoms with E-state index in [1.807, 2.05) is 0 Å². The van der Waals surface area contributed by atoms with E-state index in [-0.39, 0.29) is 19.4 Å². The largest absolute Gasteiger partial charge is 0.480 e. The van der Waals surface area contributed by atoms with Crippen molar-refractivity contribution in [3.63, 3.8) is 0 Å². The summed E-state index contributed by atoms with van der Waals surface area (Å²) in [5.74, 6) is -2.17.